The quantitative estimate of drug-likeness (QED) is 0.816. The zero-order valence-corrected chi connectivity index (χ0v) is 16.8. The monoisotopic (exact) mass is 382 g/mol. The van der Waals surface area contributed by atoms with Crippen molar-refractivity contribution in [1.82, 2.24) is 19.4 Å². The Kier molecular flexibility index (Phi) is 5.76. The van der Waals surface area contributed by atoms with Crippen LogP contribution in [0.5, 0.6) is 0 Å². The molecule has 2 saturated heterocycles. The van der Waals surface area contributed by atoms with Crippen LogP contribution in [0.4, 0.5) is 0 Å². The molecule has 150 valence electrons. The number of benzene rings is 1. The van der Waals surface area contributed by atoms with Crippen molar-refractivity contribution in [2.75, 3.05) is 26.2 Å². The summed E-state index contributed by atoms with van der Waals surface area (Å²) in [6.07, 6.45) is 6.49. The molecule has 3 heterocycles. The Hall–Kier alpha value is -2.21. The second-order valence-electron chi connectivity index (χ2n) is 8.10. The molecule has 2 aliphatic rings. The van der Waals surface area contributed by atoms with Gasteiger partial charge in [0, 0.05) is 32.1 Å². The number of aryl methyl sites for hydroxylation is 2. The van der Waals surface area contributed by atoms with Crippen LogP contribution < -0.4 is 5.56 Å². The molecule has 4 rings (SSSR count). The second-order valence-corrected chi connectivity index (χ2v) is 8.10. The molecule has 1 amide bonds. The Morgan fingerprint density at radius 2 is 1.79 bits per heavy atom. The van der Waals surface area contributed by atoms with Crippen molar-refractivity contribution in [3.05, 3.63) is 40.3 Å². The number of amides is 1. The number of rotatable bonds is 4. The normalized spacial score (nSPS) is 19.2. The number of carbonyl (C=O) groups excluding carboxylic acids is 1. The standard InChI is InChI=1S/C22H30N4O2/c1-17-22(28)26(20-8-4-3-7-19(20)23-17)16-11-21(27)25-14-9-18(10-15-25)24-12-5-2-6-13-24/h3-4,7-8,18H,2,5-6,9-16H2,1H3. The Morgan fingerprint density at radius 1 is 1.07 bits per heavy atom. The number of hydrogen-bond acceptors (Lipinski definition) is 4. The van der Waals surface area contributed by atoms with Crippen molar-refractivity contribution in [1.29, 1.82) is 0 Å². The second kappa shape index (κ2) is 8.43. The third-order valence-electron chi connectivity index (χ3n) is 6.29. The fourth-order valence-electron chi connectivity index (χ4n) is 4.67. The van der Waals surface area contributed by atoms with Crippen LogP contribution >= 0.6 is 0 Å². The number of nitrogens with zero attached hydrogens (tertiary/aromatic N) is 4. The molecule has 1 aromatic carbocycles. The van der Waals surface area contributed by atoms with Gasteiger partial charge in [-0.2, -0.15) is 0 Å². The third-order valence-corrected chi connectivity index (χ3v) is 6.29. The zero-order chi connectivity index (χ0) is 19.5. The number of fused-ring (bicyclic) bond motifs is 1. The minimum Gasteiger partial charge on any atom is -0.343 e. The number of likely N-dealkylation sites (tertiary alicyclic amines) is 2. The van der Waals surface area contributed by atoms with Gasteiger partial charge in [0.15, 0.2) is 0 Å². The molecule has 2 aromatic rings. The van der Waals surface area contributed by atoms with Crippen LogP contribution in [0, 0.1) is 6.92 Å². The molecule has 6 heteroatoms. The number of para-hydroxylation sites is 2. The molecule has 0 aliphatic carbocycles. The van der Waals surface area contributed by atoms with E-state index in [0.29, 0.717) is 24.7 Å². The van der Waals surface area contributed by atoms with Crippen LogP contribution in [0.3, 0.4) is 0 Å². The highest BCUT2D eigenvalue weighted by atomic mass is 16.2. The predicted molar refractivity (Wildman–Crippen MR) is 110 cm³/mol. The lowest BCUT2D eigenvalue weighted by Crippen LogP contribution is -2.48. The predicted octanol–water partition coefficient (Wildman–Crippen LogP) is 2.57. The van der Waals surface area contributed by atoms with E-state index in [1.807, 2.05) is 29.2 Å². The molecular formula is C22H30N4O2. The van der Waals surface area contributed by atoms with E-state index in [9.17, 15) is 9.59 Å². The summed E-state index contributed by atoms with van der Waals surface area (Å²) in [4.78, 5) is 34.3. The van der Waals surface area contributed by atoms with Crippen molar-refractivity contribution in [3.63, 3.8) is 0 Å². The molecule has 0 radical (unpaired) electrons. The molecule has 0 bridgehead atoms. The summed E-state index contributed by atoms with van der Waals surface area (Å²) < 4.78 is 1.70. The van der Waals surface area contributed by atoms with Gasteiger partial charge in [-0.1, -0.05) is 18.6 Å². The lowest BCUT2D eigenvalue weighted by molar-refractivity contribution is -0.133. The van der Waals surface area contributed by atoms with Crippen LogP contribution in [-0.4, -0.2) is 57.5 Å². The first kappa shape index (κ1) is 19.1. The van der Waals surface area contributed by atoms with Crippen LogP contribution in [0.15, 0.2) is 29.1 Å². The molecule has 28 heavy (non-hydrogen) atoms. The lowest BCUT2D eigenvalue weighted by atomic mass is 9.99. The Labute approximate surface area is 166 Å². The summed E-state index contributed by atoms with van der Waals surface area (Å²) in [6, 6.07) is 8.27. The number of piperidine rings is 2. The third kappa shape index (κ3) is 3.97. The average Bonchev–Trinajstić information content (AvgIpc) is 2.74. The van der Waals surface area contributed by atoms with Gasteiger partial charge in [0.1, 0.15) is 5.69 Å². The van der Waals surface area contributed by atoms with Crippen LogP contribution in [0.1, 0.15) is 44.2 Å². The fourth-order valence-corrected chi connectivity index (χ4v) is 4.67. The highest BCUT2D eigenvalue weighted by molar-refractivity contribution is 5.77. The van der Waals surface area contributed by atoms with E-state index in [2.05, 4.69) is 9.88 Å². The van der Waals surface area contributed by atoms with Gasteiger partial charge >= 0.3 is 0 Å². The molecule has 0 unspecified atom stereocenters. The number of carbonyl (C=O) groups is 1. The molecule has 0 spiro atoms. The average molecular weight is 383 g/mol. The highest BCUT2D eigenvalue weighted by Gasteiger charge is 2.27. The van der Waals surface area contributed by atoms with Crippen molar-refractivity contribution in [2.24, 2.45) is 0 Å². The van der Waals surface area contributed by atoms with Crippen molar-refractivity contribution in [3.8, 4) is 0 Å². The van der Waals surface area contributed by atoms with Gasteiger partial charge in [-0.3, -0.25) is 9.59 Å². The van der Waals surface area contributed by atoms with Crippen molar-refractivity contribution < 1.29 is 4.79 Å². The molecular weight excluding hydrogens is 352 g/mol. The lowest BCUT2D eigenvalue weighted by Gasteiger charge is -2.40. The van der Waals surface area contributed by atoms with Gasteiger partial charge in [-0.05, 0) is 57.8 Å². The van der Waals surface area contributed by atoms with E-state index in [1.54, 1.807) is 11.5 Å². The van der Waals surface area contributed by atoms with E-state index in [-0.39, 0.29) is 11.5 Å². The fraction of sp³-hybridized carbons (Fsp3) is 0.591. The molecule has 0 saturated carbocycles. The topological polar surface area (TPSA) is 58.4 Å². The summed E-state index contributed by atoms with van der Waals surface area (Å²) in [5, 5.41) is 0. The van der Waals surface area contributed by atoms with E-state index in [4.69, 9.17) is 0 Å². The van der Waals surface area contributed by atoms with Gasteiger partial charge in [0.05, 0.1) is 11.0 Å². The first-order chi connectivity index (χ1) is 13.6. The maximum Gasteiger partial charge on any atom is 0.272 e. The number of hydrogen-bond donors (Lipinski definition) is 0. The maximum absolute atomic E-state index is 12.8. The molecule has 0 atom stereocenters. The Bertz CT molecular complexity index is 893. The first-order valence-electron chi connectivity index (χ1n) is 10.6. The van der Waals surface area contributed by atoms with Crippen LogP contribution in [0.2, 0.25) is 0 Å². The summed E-state index contributed by atoms with van der Waals surface area (Å²) in [7, 11) is 0. The van der Waals surface area contributed by atoms with Gasteiger partial charge in [-0.25, -0.2) is 4.98 Å². The molecule has 2 aliphatic heterocycles. The first-order valence-corrected chi connectivity index (χ1v) is 10.6. The van der Waals surface area contributed by atoms with Gasteiger partial charge in [-0.15, -0.1) is 0 Å². The zero-order valence-electron chi connectivity index (χ0n) is 16.8. The van der Waals surface area contributed by atoms with Gasteiger partial charge < -0.3 is 14.4 Å². The maximum atomic E-state index is 12.8. The summed E-state index contributed by atoms with van der Waals surface area (Å²) >= 11 is 0. The number of aromatic nitrogens is 2. The minimum atomic E-state index is -0.102. The smallest absolute Gasteiger partial charge is 0.272 e. The SMILES string of the molecule is Cc1nc2ccccc2n(CCC(=O)N2CCC(N3CCCCC3)CC2)c1=O. The van der Waals surface area contributed by atoms with Crippen molar-refractivity contribution >= 4 is 16.9 Å². The van der Waals surface area contributed by atoms with E-state index < -0.39 is 0 Å². The van der Waals surface area contributed by atoms with Crippen LogP contribution in [-0.2, 0) is 11.3 Å². The van der Waals surface area contributed by atoms with Crippen LogP contribution in [0.25, 0.3) is 11.0 Å². The summed E-state index contributed by atoms with van der Waals surface area (Å²) in [5.74, 6) is 0.155. The largest absolute Gasteiger partial charge is 0.343 e. The van der Waals surface area contributed by atoms with E-state index in [0.717, 1.165) is 37.0 Å². The Morgan fingerprint density at radius 3 is 2.54 bits per heavy atom. The van der Waals surface area contributed by atoms with Gasteiger partial charge in [0.25, 0.3) is 5.56 Å². The molecule has 1 aromatic heterocycles. The molecule has 6 nitrogen and oxygen atoms in total. The highest BCUT2D eigenvalue weighted by Crippen LogP contribution is 2.21. The van der Waals surface area contributed by atoms with E-state index in [1.165, 1.54) is 32.4 Å². The summed E-state index contributed by atoms with van der Waals surface area (Å²) in [5.41, 5.74) is 1.98. The minimum absolute atomic E-state index is 0.102. The molecule has 2 fully saturated rings. The van der Waals surface area contributed by atoms with Crippen molar-refractivity contribution in [2.45, 2.75) is 58.0 Å². The summed E-state index contributed by atoms with van der Waals surface area (Å²) in [6.45, 7) is 6.26. The van der Waals surface area contributed by atoms with Gasteiger partial charge in [0.2, 0.25) is 5.91 Å². The Balaban J connectivity index is 1.37. The van der Waals surface area contributed by atoms with E-state index >= 15 is 0 Å². The molecule has 0 N–H and O–H groups in total.